The number of rotatable bonds is 6. The molecule has 0 N–H and O–H groups in total. The molecule has 4 rings (SSSR count). The van der Waals surface area contributed by atoms with Crippen molar-refractivity contribution in [3.63, 3.8) is 0 Å². The average Bonchev–Trinajstić information content (AvgIpc) is 3.08. The number of hydrogen-bond acceptors (Lipinski definition) is 7. The third-order valence-corrected chi connectivity index (χ3v) is 6.14. The first-order valence-corrected chi connectivity index (χ1v) is 10.5. The summed E-state index contributed by atoms with van der Waals surface area (Å²) in [7, 11) is 0. The van der Waals surface area contributed by atoms with Crippen LogP contribution in [0, 0.1) is 38.0 Å². The van der Waals surface area contributed by atoms with Crippen molar-refractivity contribution in [1.29, 1.82) is 0 Å². The number of benzene rings is 2. The molecule has 3 amide bonds. The highest BCUT2D eigenvalue weighted by Gasteiger charge is 2.53. The lowest BCUT2D eigenvalue weighted by molar-refractivity contribution is -0.385. The van der Waals surface area contributed by atoms with Gasteiger partial charge in [0.25, 0.3) is 29.1 Å². The second-order valence-electron chi connectivity index (χ2n) is 8.20. The Labute approximate surface area is 193 Å². The number of hydrogen-bond donors (Lipinski definition) is 0. The largest absolute Gasteiger partial charge is 0.282 e. The number of imide groups is 1. The van der Waals surface area contributed by atoms with E-state index in [4.69, 9.17) is 0 Å². The number of nitro groups is 2. The number of amides is 3. The summed E-state index contributed by atoms with van der Waals surface area (Å²) in [5.74, 6) is -3.50. The van der Waals surface area contributed by atoms with Crippen molar-refractivity contribution in [1.82, 2.24) is 10.0 Å². The molecule has 1 aliphatic heterocycles. The van der Waals surface area contributed by atoms with Crippen LogP contribution >= 0.6 is 0 Å². The van der Waals surface area contributed by atoms with Gasteiger partial charge in [0, 0.05) is 18.2 Å². The molecule has 174 valence electrons. The predicted octanol–water partition coefficient (Wildman–Crippen LogP) is 3.26. The van der Waals surface area contributed by atoms with E-state index in [1.54, 1.807) is 0 Å². The molecule has 1 aliphatic carbocycles. The standard InChI is InChI=1S/C23H20N4O7/c1-14-5-4-7-18-20(14)23(30)25(22(18)29)24(13-15-9-11-16(12-10-15)26(31)32)21(28)17-6-2-3-8-19(17)27(33)34/h2-6,8-12,14,18,20H,7,13H2,1H3/t14-,18-,20+/m1/s1. The molecule has 2 aliphatic rings. The van der Waals surface area contributed by atoms with Crippen LogP contribution in [0.2, 0.25) is 0 Å². The van der Waals surface area contributed by atoms with Gasteiger partial charge >= 0.3 is 0 Å². The summed E-state index contributed by atoms with van der Waals surface area (Å²) >= 11 is 0. The highest BCUT2D eigenvalue weighted by atomic mass is 16.6. The Hall–Kier alpha value is -4.41. The van der Waals surface area contributed by atoms with Crippen LogP contribution < -0.4 is 0 Å². The zero-order chi connectivity index (χ0) is 24.6. The molecule has 0 radical (unpaired) electrons. The van der Waals surface area contributed by atoms with Crippen molar-refractivity contribution in [2.75, 3.05) is 0 Å². The van der Waals surface area contributed by atoms with E-state index in [0.29, 0.717) is 12.0 Å². The Morgan fingerprint density at radius 2 is 1.71 bits per heavy atom. The molecular weight excluding hydrogens is 444 g/mol. The molecule has 0 bridgehead atoms. The maximum atomic E-state index is 13.6. The summed E-state index contributed by atoms with van der Waals surface area (Å²) in [5.41, 5.74) is -0.512. The molecule has 0 aromatic heterocycles. The maximum absolute atomic E-state index is 13.6. The van der Waals surface area contributed by atoms with Gasteiger partial charge in [-0.15, -0.1) is 0 Å². The van der Waals surface area contributed by atoms with Gasteiger partial charge in [-0.3, -0.25) is 34.6 Å². The van der Waals surface area contributed by atoms with Gasteiger partial charge in [0.1, 0.15) is 5.56 Å². The first kappa shape index (κ1) is 22.8. The number of nitrogens with zero attached hydrogens (tertiary/aromatic N) is 4. The van der Waals surface area contributed by atoms with E-state index in [9.17, 15) is 34.6 Å². The Bertz CT molecular complexity index is 1220. The summed E-state index contributed by atoms with van der Waals surface area (Å²) < 4.78 is 0. The SMILES string of the molecule is C[C@@H]1C=CC[C@H]2C(=O)N(N(Cc3ccc([N+](=O)[O-])cc3)C(=O)c3ccccc3[N+](=O)[O-])C(=O)[C@@H]12. The van der Waals surface area contributed by atoms with E-state index < -0.39 is 45.1 Å². The van der Waals surface area contributed by atoms with Crippen LogP contribution in [0.1, 0.15) is 29.3 Å². The molecule has 11 heteroatoms. The zero-order valence-corrected chi connectivity index (χ0v) is 18.1. The number of fused-ring (bicyclic) bond motifs is 1. The van der Waals surface area contributed by atoms with Crippen LogP contribution in [0.3, 0.4) is 0 Å². The van der Waals surface area contributed by atoms with Crippen molar-refractivity contribution in [2.24, 2.45) is 17.8 Å². The summed E-state index contributed by atoms with van der Waals surface area (Å²) in [5, 5.41) is 24.2. The normalized spacial score (nSPS) is 21.3. The fraction of sp³-hybridized carbons (Fsp3) is 0.261. The number of non-ortho nitro benzene ring substituents is 1. The van der Waals surface area contributed by atoms with E-state index >= 15 is 0 Å². The van der Waals surface area contributed by atoms with Gasteiger partial charge in [-0.25, -0.2) is 5.01 Å². The molecular formula is C23H20N4O7. The van der Waals surface area contributed by atoms with Gasteiger partial charge < -0.3 is 0 Å². The summed E-state index contributed by atoms with van der Waals surface area (Å²) in [6, 6.07) is 10.6. The molecule has 0 unspecified atom stereocenters. The molecule has 1 saturated heterocycles. The zero-order valence-electron chi connectivity index (χ0n) is 18.1. The minimum atomic E-state index is -0.897. The molecule has 3 atom stereocenters. The first-order chi connectivity index (χ1) is 16.2. The monoisotopic (exact) mass is 464 g/mol. The molecule has 34 heavy (non-hydrogen) atoms. The molecule has 0 saturated carbocycles. The second kappa shape index (κ2) is 8.85. The second-order valence-corrected chi connectivity index (χ2v) is 8.20. The lowest BCUT2D eigenvalue weighted by atomic mass is 9.78. The fourth-order valence-corrected chi connectivity index (χ4v) is 4.45. The van der Waals surface area contributed by atoms with Crippen molar-refractivity contribution < 1.29 is 24.2 Å². The Morgan fingerprint density at radius 3 is 2.32 bits per heavy atom. The van der Waals surface area contributed by atoms with Gasteiger partial charge in [-0.2, -0.15) is 5.01 Å². The molecule has 0 spiro atoms. The molecule has 11 nitrogen and oxygen atoms in total. The van der Waals surface area contributed by atoms with Gasteiger partial charge in [0.05, 0.1) is 28.2 Å². The summed E-state index contributed by atoms with van der Waals surface area (Å²) in [6.45, 7) is 1.52. The van der Waals surface area contributed by atoms with Gasteiger partial charge in [-0.05, 0) is 24.0 Å². The summed E-state index contributed by atoms with van der Waals surface area (Å²) in [4.78, 5) is 61.4. The van der Waals surface area contributed by atoms with Crippen LogP contribution in [0.15, 0.2) is 60.7 Å². The molecule has 1 fully saturated rings. The predicted molar refractivity (Wildman–Crippen MR) is 118 cm³/mol. The molecule has 1 heterocycles. The highest BCUT2D eigenvalue weighted by molar-refractivity contribution is 6.08. The van der Waals surface area contributed by atoms with E-state index in [-0.39, 0.29) is 23.7 Å². The van der Waals surface area contributed by atoms with Gasteiger partial charge in [-0.1, -0.05) is 43.3 Å². The maximum Gasteiger partial charge on any atom is 0.282 e. The lowest BCUT2D eigenvalue weighted by Crippen LogP contribution is -2.50. The van der Waals surface area contributed by atoms with Crippen molar-refractivity contribution in [2.45, 2.75) is 19.9 Å². The minimum absolute atomic E-state index is 0.167. The molecule has 2 aromatic carbocycles. The quantitative estimate of drug-likeness (QED) is 0.276. The number of allylic oxidation sites excluding steroid dienone is 2. The molecule has 2 aromatic rings. The van der Waals surface area contributed by atoms with E-state index in [1.807, 2.05) is 19.1 Å². The summed E-state index contributed by atoms with van der Waals surface area (Å²) in [6.07, 6.45) is 4.02. The minimum Gasteiger partial charge on any atom is -0.272 e. The first-order valence-electron chi connectivity index (χ1n) is 10.5. The van der Waals surface area contributed by atoms with Gasteiger partial charge in [0.15, 0.2) is 0 Å². The number of nitro benzene ring substituents is 2. The number of carbonyl (C=O) groups is 3. The number of carbonyl (C=O) groups excluding carboxylic acids is 3. The lowest BCUT2D eigenvalue weighted by Gasteiger charge is -2.30. The third kappa shape index (κ3) is 3.91. The highest BCUT2D eigenvalue weighted by Crippen LogP contribution is 2.40. The topological polar surface area (TPSA) is 144 Å². The van der Waals surface area contributed by atoms with Crippen LogP contribution in [0.4, 0.5) is 11.4 Å². The smallest absolute Gasteiger partial charge is 0.272 e. The van der Waals surface area contributed by atoms with Crippen LogP contribution in [0.5, 0.6) is 0 Å². The number of hydrazine groups is 1. The van der Waals surface area contributed by atoms with Crippen LogP contribution in [-0.4, -0.2) is 37.6 Å². The van der Waals surface area contributed by atoms with Crippen molar-refractivity contribution in [3.8, 4) is 0 Å². The fourth-order valence-electron chi connectivity index (χ4n) is 4.45. The number of para-hydroxylation sites is 1. The van der Waals surface area contributed by atoms with Crippen molar-refractivity contribution >= 4 is 29.1 Å². The third-order valence-electron chi connectivity index (χ3n) is 6.14. The van der Waals surface area contributed by atoms with E-state index in [2.05, 4.69) is 0 Å². The van der Waals surface area contributed by atoms with E-state index in [0.717, 1.165) is 16.1 Å². The van der Waals surface area contributed by atoms with Crippen LogP contribution in [0.25, 0.3) is 0 Å². The van der Waals surface area contributed by atoms with Crippen LogP contribution in [-0.2, 0) is 16.1 Å². The Balaban J connectivity index is 1.76. The Kier molecular flexibility index (Phi) is 5.93. The van der Waals surface area contributed by atoms with Crippen molar-refractivity contribution in [3.05, 3.63) is 92.0 Å². The van der Waals surface area contributed by atoms with Gasteiger partial charge in [0.2, 0.25) is 0 Å². The Morgan fingerprint density at radius 1 is 1.03 bits per heavy atom. The average molecular weight is 464 g/mol. The van der Waals surface area contributed by atoms with E-state index in [1.165, 1.54) is 42.5 Å².